The van der Waals surface area contributed by atoms with Crippen molar-refractivity contribution in [2.75, 3.05) is 0 Å². The summed E-state index contributed by atoms with van der Waals surface area (Å²) in [6, 6.07) is 1.37. The van der Waals surface area contributed by atoms with Crippen molar-refractivity contribution in [3.63, 3.8) is 0 Å². The zero-order chi connectivity index (χ0) is 12.7. The molecule has 1 atom stereocenters. The Balaban J connectivity index is 2.70. The van der Waals surface area contributed by atoms with Crippen molar-refractivity contribution < 1.29 is 15.0 Å². The summed E-state index contributed by atoms with van der Waals surface area (Å²) in [6.07, 6.45) is 2.59. The normalized spacial score (nSPS) is 18.5. The number of ketones is 1. The van der Waals surface area contributed by atoms with E-state index in [1.165, 1.54) is 18.6 Å². The molecular formula is C14H16O3. The van der Waals surface area contributed by atoms with Gasteiger partial charge in [-0.15, -0.1) is 0 Å². The molecule has 0 radical (unpaired) electrons. The molecule has 3 heteroatoms. The van der Waals surface area contributed by atoms with Gasteiger partial charge in [0.05, 0.1) is 5.56 Å². The fourth-order valence-electron chi connectivity index (χ4n) is 2.35. The molecule has 2 rings (SSSR count). The van der Waals surface area contributed by atoms with Gasteiger partial charge >= 0.3 is 0 Å². The number of Topliss-reactive ketones (excluding diaryl/α,β-unsaturated/α-hetero) is 1. The fraction of sp³-hybridized carbons (Fsp3) is 0.357. The molecular weight excluding hydrogens is 216 g/mol. The van der Waals surface area contributed by atoms with Gasteiger partial charge in [-0.3, -0.25) is 4.79 Å². The van der Waals surface area contributed by atoms with E-state index in [0.29, 0.717) is 12.0 Å². The molecule has 0 saturated carbocycles. The van der Waals surface area contributed by atoms with Gasteiger partial charge in [-0.2, -0.15) is 0 Å². The average Bonchev–Trinajstić information content (AvgIpc) is 2.26. The van der Waals surface area contributed by atoms with Crippen LogP contribution < -0.4 is 0 Å². The lowest BCUT2D eigenvalue weighted by Crippen LogP contribution is -2.09. The van der Waals surface area contributed by atoms with Crippen molar-refractivity contribution >= 4 is 5.78 Å². The molecule has 0 spiro atoms. The first-order chi connectivity index (χ1) is 7.93. The number of phenols is 2. The van der Waals surface area contributed by atoms with Gasteiger partial charge in [-0.05, 0) is 26.3 Å². The number of allylic oxidation sites excluding steroid dienone is 2. The number of carbonyl (C=O) groups is 1. The summed E-state index contributed by atoms with van der Waals surface area (Å²) in [5, 5.41) is 20.1. The zero-order valence-corrected chi connectivity index (χ0v) is 10.2. The van der Waals surface area contributed by atoms with Crippen molar-refractivity contribution in [3.05, 3.63) is 34.4 Å². The van der Waals surface area contributed by atoms with Crippen LogP contribution >= 0.6 is 0 Å². The Bertz CT molecular complexity index is 527. The van der Waals surface area contributed by atoms with Gasteiger partial charge in [0, 0.05) is 17.0 Å². The number of aromatic hydroxyl groups is 2. The van der Waals surface area contributed by atoms with Gasteiger partial charge in [0.2, 0.25) is 0 Å². The monoisotopic (exact) mass is 232 g/mol. The Labute approximate surface area is 100 Å². The van der Waals surface area contributed by atoms with E-state index < -0.39 is 0 Å². The summed E-state index contributed by atoms with van der Waals surface area (Å²) in [5.41, 5.74) is 2.78. The lowest BCUT2D eigenvalue weighted by atomic mass is 9.81. The van der Waals surface area contributed by atoms with Gasteiger partial charge < -0.3 is 10.2 Å². The van der Waals surface area contributed by atoms with Crippen LogP contribution in [0.4, 0.5) is 0 Å². The maximum Gasteiger partial charge on any atom is 0.163 e. The summed E-state index contributed by atoms with van der Waals surface area (Å²) >= 11 is 0. The highest BCUT2D eigenvalue weighted by Crippen LogP contribution is 2.43. The van der Waals surface area contributed by atoms with Crippen LogP contribution in [0.25, 0.3) is 0 Å². The van der Waals surface area contributed by atoms with Gasteiger partial charge in [-0.1, -0.05) is 18.6 Å². The van der Waals surface area contributed by atoms with E-state index in [1.807, 2.05) is 19.9 Å². The van der Waals surface area contributed by atoms with Crippen LogP contribution in [0.3, 0.4) is 0 Å². The maximum atomic E-state index is 11.4. The molecule has 3 nitrogen and oxygen atoms in total. The van der Waals surface area contributed by atoms with E-state index in [2.05, 4.69) is 0 Å². The molecule has 0 amide bonds. The molecule has 1 aromatic carbocycles. The van der Waals surface area contributed by atoms with E-state index >= 15 is 0 Å². The fourth-order valence-corrected chi connectivity index (χ4v) is 2.35. The summed E-state index contributed by atoms with van der Waals surface area (Å²) in [6.45, 7) is 5.37. The van der Waals surface area contributed by atoms with Crippen molar-refractivity contribution in [1.29, 1.82) is 0 Å². The molecule has 1 aliphatic carbocycles. The van der Waals surface area contributed by atoms with Gasteiger partial charge in [0.1, 0.15) is 11.5 Å². The maximum absolute atomic E-state index is 11.4. The third-order valence-corrected chi connectivity index (χ3v) is 3.55. The minimum absolute atomic E-state index is 0.0147. The van der Waals surface area contributed by atoms with E-state index in [1.54, 1.807) is 0 Å². The number of hydrogen-bond acceptors (Lipinski definition) is 3. The Morgan fingerprint density at radius 3 is 2.65 bits per heavy atom. The number of phenolic OH excluding ortho intramolecular Hbond substituents is 2. The highest BCUT2D eigenvalue weighted by molar-refractivity contribution is 5.98. The Hall–Kier alpha value is -1.77. The number of carbonyl (C=O) groups excluding carboxylic acids is 1. The molecule has 0 heterocycles. The number of rotatable bonds is 1. The van der Waals surface area contributed by atoms with Gasteiger partial charge in [0.25, 0.3) is 0 Å². The summed E-state index contributed by atoms with van der Waals surface area (Å²) in [7, 11) is 0. The Morgan fingerprint density at radius 1 is 1.41 bits per heavy atom. The quantitative estimate of drug-likeness (QED) is 0.444. The lowest BCUT2D eigenvalue weighted by Gasteiger charge is -2.24. The predicted octanol–water partition coefficient (Wildman–Crippen LogP) is 2.91. The number of benzene rings is 1. The van der Waals surface area contributed by atoms with Crippen LogP contribution in [-0.2, 0) is 6.42 Å². The second-order valence-corrected chi connectivity index (χ2v) is 4.61. The van der Waals surface area contributed by atoms with E-state index in [9.17, 15) is 15.0 Å². The standard InChI is InChI=1S/C14H16O3/c1-7-4-5-10-13(8(7)2)12(16)6-11(9(3)15)14(10)17/h4,6,8,16-17H,5H2,1-3H3. The largest absolute Gasteiger partial charge is 0.508 e. The molecule has 90 valence electrons. The highest BCUT2D eigenvalue weighted by atomic mass is 16.3. The van der Waals surface area contributed by atoms with Gasteiger partial charge in [0.15, 0.2) is 5.78 Å². The lowest BCUT2D eigenvalue weighted by molar-refractivity contribution is 0.101. The van der Waals surface area contributed by atoms with Crippen molar-refractivity contribution in [2.24, 2.45) is 0 Å². The van der Waals surface area contributed by atoms with Crippen LogP contribution in [0, 0.1) is 0 Å². The first-order valence-electron chi connectivity index (χ1n) is 5.68. The molecule has 0 saturated heterocycles. The second-order valence-electron chi connectivity index (χ2n) is 4.61. The predicted molar refractivity (Wildman–Crippen MR) is 65.7 cm³/mol. The number of hydrogen-bond donors (Lipinski definition) is 2. The molecule has 0 bridgehead atoms. The van der Waals surface area contributed by atoms with Crippen LogP contribution in [0.2, 0.25) is 0 Å². The molecule has 0 aromatic heterocycles. The molecule has 17 heavy (non-hydrogen) atoms. The molecule has 1 aromatic rings. The molecule has 1 unspecified atom stereocenters. The minimum atomic E-state index is -0.237. The highest BCUT2D eigenvalue weighted by Gasteiger charge is 2.25. The summed E-state index contributed by atoms with van der Waals surface area (Å²) in [5.74, 6) is -0.0472. The van der Waals surface area contributed by atoms with Gasteiger partial charge in [-0.25, -0.2) is 0 Å². The van der Waals surface area contributed by atoms with Crippen LogP contribution in [0.1, 0.15) is 48.2 Å². The topological polar surface area (TPSA) is 57.5 Å². The van der Waals surface area contributed by atoms with Crippen molar-refractivity contribution in [2.45, 2.75) is 33.1 Å². The SMILES string of the molecule is CC(=O)c1cc(O)c2c(c1O)CC=C(C)C2C. The molecule has 0 fully saturated rings. The second kappa shape index (κ2) is 3.91. The molecule has 0 aliphatic heterocycles. The van der Waals surface area contributed by atoms with Crippen molar-refractivity contribution in [1.82, 2.24) is 0 Å². The average molecular weight is 232 g/mol. The number of fused-ring (bicyclic) bond motifs is 1. The first-order valence-corrected chi connectivity index (χ1v) is 5.68. The molecule has 1 aliphatic rings. The summed E-state index contributed by atoms with van der Waals surface area (Å²) < 4.78 is 0. The third-order valence-electron chi connectivity index (χ3n) is 3.55. The Kier molecular flexibility index (Phi) is 2.69. The Morgan fingerprint density at radius 2 is 2.06 bits per heavy atom. The summed E-state index contributed by atoms with van der Waals surface area (Å²) in [4.78, 5) is 11.4. The van der Waals surface area contributed by atoms with Crippen molar-refractivity contribution in [3.8, 4) is 11.5 Å². The first kappa shape index (κ1) is 11.7. The van der Waals surface area contributed by atoms with E-state index in [0.717, 1.165) is 5.56 Å². The van der Waals surface area contributed by atoms with Crippen LogP contribution in [0.5, 0.6) is 11.5 Å². The van der Waals surface area contributed by atoms with Crippen LogP contribution in [-0.4, -0.2) is 16.0 Å². The third kappa shape index (κ3) is 1.71. The zero-order valence-electron chi connectivity index (χ0n) is 10.2. The molecule has 2 N–H and O–H groups in total. The van der Waals surface area contributed by atoms with Crippen LogP contribution in [0.15, 0.2) is 17.7 Å². The minimum Gasteiger partial charge on any atom is -0.508 e. The smallest absolute Gasteiger partial charge is 0.163 e. The van der Waals surface area contributed by atoms with E-state index in [4.69, 9.17) is 0 Å². The van der Waals surface area contributed by atoms with E-state index in [-0.39, 0.29) is 28.8 Å².